The summed E-state index contributed by atoms with van der Waals surface area (Å²) in [6, 6.07) is 17.6. The van der Waals surface area contributed by atoms with Crippen LogP contribution in [0.1, 0.15) is 33.0 Å². The number of aldehydes is 1. The molecule has 31 heavy (non-hydrogen) atoms. The molecule has 0 atom stereocenters. The van der Waals surface area contributed by atoms with Crippen LogP contribution in [0.25, 0.3) is 11.1 Å². The standard InChI is InChI=1S/C25H17F2NO3/c26-23-13-17(14-29)24(27)12-16(23)6-5-11-28-25(30)31-15-22-20-9-3-1-7-18(20)19-8-2-4-10-21(19)22/h1-4,7-10,12-14,22H,11,15H2,(H,28,30). The minimum absolute atomic E-state index is 0.0577. The summed E-state index contributed by atoms with van der Waals surface area (Å²) in [5, 5.41) is 2.47. The van der Waals surface area contributed by atoms with E-state index in [1.54, 1.807) is 0 Å². The van der Waals surface area contributed by atoms with Crippen LogP contribution in [0.5, 0.6) is 0 Å². The first-order chi connectivity index (χ1) is 15.1. The lowest BCUT2D eigenvalue weighted by molar-refractivity contribution is 0.111. The predicted octanol–water partition coefficient (Wildman–Crippen LogP) is 4.67. The van der Waals surface area contributed by atoms with Gasteiger partial charge in [-0.15, -0.1) is 0 Å². The lowest BCUT2D eigenvalue weighted by Crippen LogP contribution is -2.26. The summed E-state index contributed by atoms with van der Waals surface area (Å²) in [6.45, 7) is 0.0629. The van der Waals surface area contributed by atoms with E-state index in [4.69, 9.17) is 4.74 Å². The molecular formula is C25H17F2NO3. The number of carbonyl (C=O) groups excluding carboxylic acids is 2. The molecule has 1 aliphatic rings. The molecule has 1 amide bonds. The highest BCUT2D eigenvalue weighted by molar-refractivity contribution is 5.79. The first-order valence-corrected chi connectivity index (χ1v) is 9.60. The van der Waals surface area contributed by atoms with Crippen LogP contribution >= 0.6 is 0 Å². The maximum atomic E-state index is 13.8. The molecule has 0 saturated heterocycles. The first-order valence-electron chi connectivity index (χ1n) is 9.60. The summed E-state index contributed by atoms with van der Waals surface area (Å²) < 4.78 is 32.7. The van der Waals surface area contributed by atoms with Crippen molar-refractivity contribution in [1.29, 1.82) is 0 Å². The number of hydrogen-bond acceptors (Lipinski definition) is 3. The van der Waals surface area contributed by atoms with E-state index in [0.717, 1.165) is 34.4 Å². The van der Waals surface area contributed by atoms with E-state index in [2.05, 4.69) is 17.2 Å². The maximum absolute atomic E-state index is 13.8. The Labute approximate surface area is 177 Å². The van der Waals surface area contributed by atoms with Gasteiger partial charge in [-0.25, -0.2) is 13.6 Å². The number of benzene rings is 3. The van der Waals surface area contributed by atoms with Crippen molar-refractivity contribution in [2.75, 3.05) is 13.2 Å². The number of halogens is 2. The highest BCUT2D eigenvalue weighted by Gasteiger charge is 2.28. The smallest absolute Gasteiger partial charge is 0.407 e. The predicted molar refractivity (Wildman–Crippen MR) is 112 cm³/mol. The molecule has 3 aromatic rings. The van der Waals surface area contributed by atoms with Crippen LogP contribution in [0.3, 0.4) is 0 Å². The zero-order valence-corrected chi connectivity index (χ0v) is 16.3. The van der Waals surface area contributed by atoms with E-state index in [0.29, 0.717) is 0 Å². The van der Waals surface area contributed by atoms with Crippen LogP contribution in [-0.2, 0) is 4.74 Å². The molecule has 0 fully saturated rings. The number of hydrogen-bond donors (Lipinski definition) is 1. The van der Waals surface area contributed by atoms with Gasteiger partial charge >= 0.3 is 6.09 Å². The zero-order chi connectivity index (χ0) is 21.8. The second kappa shape index (κ2) is 8.80. The Morgan fingerprint density at radius 2 is 1.65 bits per heavy atom. The first kappa shape index (κ1) is 20.3. The van der Waals surface area contributed by atoms with E-state index in [-0.39, 0.29) is 36.5 Å². The molecule has 0 saturated carbocycles. The van der Waals surface area contributed by atoms with Crippen molar-refractivity contribution in [3.05, 3.63) is 94.6 Å². The van der Waals surface area contributed by atoms with Crippen LogP contribution in [0.2, 0.25) is 0 Å². The van der Waals surface area contributed by atoms with Crippen molar-refractivity contribution in [2.45, 2.75) is 5.92 Å². The monoisotopic (exact) mass is 417 g/mol. The van der Waals surface area contributed by atoms with Crippen LogP contribution < -0.4 is 5.32 Å². The number of rotatable bonds is 4. The van der Waals surface area contributed by atoms with E-state index in [9.17, 15) is 18.4 Å². The summed E-state index contributed by atoms with van der Waals surface area (Å²) in [7, 11) is 0. The molecule has 4 nitrogen and oxygen atoms in total. The van der Waals surface area contributed by atoms with Gasteiger partial charge in [-0.05, 0) is 34.4 Å². The fourth-order valence-electron chi connectivity index (χ4n) is 3.65. The molecule has 0 spiro atoms. The molecule has 1 aliphatic carbocycles. The van der Waals surface area contributed by atoms with Gasteiger partial charge < -0.3 is 10.1 Å². The second-order valence-electron chi connectivity index (χ2n) is 6.95. The molecule has 0 heterocycles. The van der Waals surface area contributed by atoms with Crippen molar-refractivity contribution in [3.63, 3.8) is 0 Å². The Morgan fingerprint density at radius 3 is 2.29 bits per heavy atom. The van der Waals surface area contributed by atoms with Gasteiger partial charge in [0.05, 0.1) is 17.7 Å². The molecule has 0 bridgehead atoms. The lowest BCUT2D eigenvalue weighted by Gasteiger charge is -2.14. The van der Waals surface area contributed by atoms with Gasteiger partial charge in [0.2, 0.25) is 0 Å². The summed E-state index contributed by atoms with van der Waals surface area (Å²) in [4.78, 5) is 22.7. The van der Waals surface area contributed by atoms with E-state index < -0.39 is 17.7 Å². The third-order valence-electron chi connectivity index (χ3n) is 5.10. The molecule has 154 valence electrons. The number of nitrogens with one attached hydrogen (secondary N) is 1. The van der Waals surface area contributed by atoms with Gasteiger partial charge in [0, 0.05) is 5.92 Å². The molecule has 0 aliphatic heterocycles. The normalized spacial score (nSPS) is 11.7. The van der Waals surface area contributed by atoms with Gasteiger partial charge in [-0.1, -0.05) is 60.4 Å². The van der Waals surface area contributed by atoms with Crippen molar-refractivity contribution in [2.24, 2.45) is 0 Å². The topological polar surface area (TPSA) is 55.4 Å². The van der Waals surface area contributed by atoms with Crippen LogP contribution in [0.15, 0.2) is 60.7 Å². The van der Waals surface area contributed by atoms with Crippen molar-refractivity contribution in [1.82, 2.24) is 5.32 Å². The molecular weight excluding hydrogens is 400 g/mol. The number of fused-ring (bicyclic) bond motifs is 3. The highest BCUT2D eigenvalue weighted by Crippen LogP contribution is 2.44. The second-order valence-corrected chi connectivity index (χ2v) is 6.95. The molecule has 0 aromatic heterocycles. The third kappa shape index (κ3) is 4.17. The highest BCUT2D eigenvalue weighted by atomic mass is 19.1. The van der Waals surface area contributed by atoms with Gasteiger partial charge in [0.15, 0.2) is 6.29 Å². The Hall–Kier alpha value is -3.98. The van der Waals surface area contributed by atoms with Gasteiger partial charge in [0.25, 0.3) is 0 Å². The van der Waals surface area contributed by atoms with Gasteiger partial charge in [0.1, 0.15) is 18.2 Å². The molecule has 0 radical (unpaired) electrons. The van der Waals surface area contributed by atoms with Crippen molar-refractivity contribution in [3.8, 4) is 23.0 Å². The summed E-state index contributed by atoms with van der Waals surface area (Å²) in [5.74, 6) is 3.25. The summed E-state index contributed by atoms with van der Waals surface area (Å²) >= 11 is 0. The summed E-state index contributed by atoms with van der Waals surface area (Å²) in [6.07, 6.45) is -0.423. The Morgan fingerprint density at radius 1 is 1.00 bits per heavy atom. The average Bonchev–Trinajstić information content (AvgIpc) is 3.11. The van der Waals surface area contributed by atoms with E-state index in [1.165, 1.54) is 0 Å². The van der Waals surface area contributed by atoms with Gasteiger partial charge in [-0.2, -0.15) is 0 Å². The van der Waals surface area contributed by atoms with Gasteiger partial charge in [-0.3, -0.25) is 4.79 Å². The van der Waals surface area contributed by atoms with E-state index in [1.807, 2.05) is 48.5 Å². The molecule has 1 N–H and O–H groups in total. The summed E-state index contributed by atoms with van der Waals surface area (Å²) in [5.41, 5.74) is 3.90. The molecule has 0 unspecified atom stereocenters. The number of amides is 1. The quantitative estimate of drug-likeness (QED) is 0.496. The lowest BCUT2D eigenvalue weighted by atomic mass is 9.98. The average molecular weight is 417 g/mol. The largest absolute Gasteiger partial charge is 0.449 e. The Kier molecular flexibility index (Phi) is 5.76. The van der Waals surface area contributed by atoms with Crippen LogP contribution in [-0.4, -0.2) is 25.5 Å². The number of carbonyl (C=O) groups is 2. The maximum Gasteiger partial charge on any atom is 0.407 e. The minimum atomic E-state index is -0.856. The number of alkyl carbamates (subject to hydrolysis) is 1. The fourth-order valence-corrected chi connectivity index (χ4v) is 3.65. The Balaban J connectivity index is 1.36. The van der Waals surface area contributed by atoms with Crippen molar-refractivity contribution < 1.29 is 23.1 Å². The van der Waals surface area contributed by atoms with Crippen LogP contribution in [0.4, 0.5) is 13.6 Å². The molecule has 3 aromatic carbocycles. The Bertz CT molecular complexity index is 1180. The van der Waals surface area contributed by atoms with Crippen LogP contribution in [0, 0.1) is 23.5 Å². The third-order valence-corrected chi connectivity index (χ3v) is 5.10. The minimum Gasteiger partial charge on any atom is -0.449 e. The van der Waals surface area contributed by atoms with Crippen molar-refractivity contribution >= 4 is 12.4 Å². The van der Waals surface area contributed by atoms with E-state index >= 15 is 0 Å². The SMILES string of the molecule is O=Cc1cc(F)c(C#CCNC(=O)OCC2c3ccccc3-c3ccccc32)cc1F. The molecule has 6 heteroatoms. The molecule has 4 rings (SSSR count). The zero-order valence-electron chi connectivity index (χ0n) is 16.3. The number of ether oxygens (including phenoxy) is 1. The fraction of sp³-hybridized carbons (Fsp3) is 0.120.